The van der Waals surface area contributed by atoms with Crippen molar-refractivity contribution < 1.29 is 24.2 Å². The van der Waals surface area contributed by atoms with E-state index in [0.717, 1.165) is 31.2 Å². The molecular formula is C19H27FN2O4. The molecule has 1 heterocycles. The van der Waals surface area contributed by atoms with Crippen LogP contribution in [0.1, 0.15) is 37.7 Å². The molecule has 0 bridgehead atoms. The van der Waals surface area contributed by atoms with Crippen molar-refractivity contribution in [1.29, 1.82) is 0 Å². The average molecular weight is 366 g/mol. The second kappa shape index (κ2) is 10.2. The van der Waals surface area contributed by atoms with Crippen LogP contribution in [0.25, 0.3) is 0 Å². The minimum atomic E-state index is -1.82. The van der Waals surface area contributed by atoms with Gasteiger partial charge in [-0.25, -0.2) is 14.0 Å². The molecule has 1 aromatic carbocycles. The molecule has 0 unspecified atom stereocenters. The number of hydrogen-bond donors (Lipinski definition) is 2. The Hall–Kier alpha value is -1.99. The van der Waals surface area contributed by atoms with Crippen LogP contribution < -0.4 is 0 Å². The van der Waals surface area contributed by atoms with E-state index in [4.69, 9.17) is 19.8 Å². The summed E-state index contributed by atoms with van der Waals surface area (Å²) in [7, 11) is 0. The van der Waals surface area contributed by atoms with E-state index in [1.807, 2.05) is 12.1 Å². The molecule has 7 heteroatoms. The monoisotopic (exact) mass is 366 g/mol. The van der Waals surface area contributed by atoms with E-state index in [1.54, 1.807) is 6.07 Å². The van der Waals surface area contributed by atoms with E-state index >= 15 is 0 Å². The van der Waals surface area contributed by atoms with Crippen molar-refractivity contribution in [2.24, 2.45) is 0 Å². The zero-order valence-electron chi connectivity index (χ0n) is 14.9. The van der Waals surface area contributed by atoms with Crippen molar-refractivity contribution in [3.8, 4) is 0 Å². The van der Waals surface area contributed by atoms with Crippen LogP contribution in [-0.2, 0) is 16.1 Å². The summed E-state index contributed by atoms with van der Waals surface area (Å²) in [6.07, 6.45) is 7.03. The number of carboxylic acid groups (broad SMARTS) is 2. The molecule has 1 saturated carbocycles. The molecular weight excluding hydrogens is 339 g/mol. The number of carboxylic acids is 2. The number of halogens is 1. The zero-order valence-corrected chi connectivity index (χ0v) is 14.9. The van der Waals surface area contributed by atoms with Gasteiger partial charge in [0.2, 0.25) is 0 Å². The summed E-state index contributed by atoms with van der Waals surface area (Å²) in [5.41, 5.74) is 1.09. The Bertz CT molecular complexity index is 585. The molecule has 1 aliphatic carbocycles. The molecule has 2 fully saturated rings. The van der Waals surface area contributed by atoms with E-state index in [0.29, 0.717) is 0 Å². The Labute approximate surface area is 153 Å². The van der Waals surface area contributed by atoms with Crippen LogP contribution in [0, 0.1) is 5.82 Å². The lowest BCUT2D eigenvalue weighted by Crippen LogP contribution is -2.50. The van der Waals surface area contributed by atoms with Gasteiger partial charge in [0.05, 0.1) is 0 Å². The second-order valence-electron chi connectivity index (χ2n) is 6.84. The van der Waals surface area contributed by atoms with Gasteiger partial charge in [-0.3, -0.25) is 9.80 Å². The van der Waals surface area contributed by atoms with Crippen LogP contribution in [0.2, 0.25) is 0 Å². The topological polar surface area (TPSA) is 81.1 Å². The van der Waals surface area contributed by atoms with Crippen LogP contribution >= 0.6 is 0 Å². The SMILES string of the molecule is Fc1cccc(CN2CCN(C3CCCCC3)CC2)c1.O=C(O)C(=O)O. The molecule has 0 radical (unpaired) electrons. The number of carbonyl (C=O) groups is 2. The van der Waals surface area contributed by atoms with Gasteiger partial charge < -0.3 is 10.2 Å². The van der Waals surface area contributed by atoms with Crippen LogP contribution in [0.4, 0.5) is 4.39 Å². The predicted octanol–water partition coefficient (Wildman–Crippen LogP) is 2.43. The average Bonchev–Trinajstić information content (AvgIpc) is 2.63. The second-order valence-corrected chi connectivity index (χ2v) is 6.84. The van der Waals surface area contributed by atoms with E-state index < -0.39 is 11.9 Å². The van der Waals surface area contributed by atoms with Crippen molar-refractivity contribution in [2.45, 2.75) is 44.7 Å². The molecule has 3 rings (SSSR count). The third-order valence-electron chi connectivity index (χ3n) is 4.98. The highest BCUT2D eigenvalue weighted by Gasteiger charge is 2.24. The molecule has 0 amide bonds. The van der Waals surface area contributed by atoms with Crippen LogP contribution in [-0.4, -0.2) is 64.2 Å². The Morgan fingerprint density at radius 3 is 2.15 bits per heavy atom. The summed E-state index contributed by atoms with van der Waals surface area (Å²) in [6.45, 7) is 5.48. The van der Waals surface area contributed by atoms with Gasteiger partial charge in [0.15, 0.2) is 0 Å². The van der Waals surface area contributed by atoms with Gasteiger partial charge in [-0.15, -0.1) is 0 Å². The Kier molecular flexibility index (Phi) is 8.00. The first-order chi connectivity index (χ1) is 12.5. The maximum atomic E-state index is 13.2. The third-order valence-corrected chi connectivity index (χ3v) is 4.98. The zero-order chi connectivity index (χ0) is 18.9. The largest absolute Gasteiger partial charge is 0.473 e. The van der Waals surface area contributed by atoms with Gasteiger partial charge in [-0.2, -0.15) is 0 Å². The molecule has 26 heavy (non-hydrogen) atoms. The van der Waals surface area contributed by atoms with E-state index in [-0.39, 0.29) is 5.82 Å². The summed E-state index contributed by atoms with van der Waals surface area (Å²) < 4.78 is 13.2. The van der Waals surface area contributed by atoms with Gasteiger partial charge in [0.1, 0.15) is 5.82 Å². The fraction of sp³-hybridized carbons (Fsp3) is 0.579. The Balaban J connectivity index is 0.000000352. The van der Waals surface area contributed by atoms with Gasteiger partial charge in [-0.1, -0.05) is 31.4 Å². The summed E-state index contributed by atoms with van der Waals surface area (Å²) in [5.74, 6) is -3.77. The Morgan fingerprint density at radius 2 is 1.62 bits per heavy atom. The van der Waals surface area contributed by atoms with Gasteiger partial charge >= 0.3 is 11.9 Å². The molecule has 6 nitrogen and oxygen atoms in total. The van der Waals surface area contributed by atoms with Gasteiger partial charge in [0.25, 0.3) is 0 Å². The summed E-state index contributed by atoms with van der Waals surface area (Å²) in [5, 5.41) is 14.8. The van der Waals surface area contributed by atoms with Crippen molar-refractivity contribution in [3.63, 3.8) is 0 Å². The molecule has 144 valence electrons. The number of rotatable bonds is 3. The van der Waals surface area contributed by atoms with E-state index in [9.17, 15) is 4.39 Å². The number of benzene rings is 1. The lowest BCUT2D eigenvalue weighted by atomic mass is 9.94. The quantitative estimate of drug-likeness (QED) is 0.800. The van der Waals surface area contributed by atoms with E-state index in [1.165, 1.54) is 51.3 Å². The standard InChI is InChI=1S/C17H25FN2.C2H2O4/c18-16-6-4-5-15(13-16)14-19-9-11-20(12-10-19)17-7-2-1-3-8-17;3-1(4)2(5)6/h4-6,13,17H,1-3,7-12,14H2;(H,3,4)(H,5,6). The fourth-order valence-electron chi connectivity index (χ4n) is 3.63. The van der Waals surface area contributed by atoms with Crippen LogP contribution in [0.5, 0.6) is 0 Å². The first-order valence-corrected chi connectivity index (χ1v) is 9.13. The molecule has 0 aromatic heterocycles. The van der Waals surface area contributed by atoms with E-state index in [2.05, 4.69) is 9.80 Å². The maximum absolute atomic E-state index is 13.2. The number of aliphatic carboxylic acids is 2. The predicted molar refractivity (Wildman–Crippen MR) is 95.4 cm³/mol. The van der Waals surface area contributed by atoms with Gasteiger partial charge in [-0.05, 0) is 30.5 Å². The normalized spacial score (nSPS) is 19.4. The van der Waals surface area contributed by atoms with Crippen molar-refractivity contribution >= 4 is 11.9 Å². The summed E-state index contributed by atoms with van der Waals surface area (Å²) in [4.78, 5) is 23.3. The number of hydrogen-bond acceptors (Lipinski definition) is 4. The highest BCUT2D eigenvalue weighted by Crippen LogP contribution is 2.23. The Morgan fingerprint density at radius 1 is 1.00 bits per heavy atom. The number of nitrogens with zero attached hydrogens (tertiary/aromatic N) is 2. The minimum absolute atomic E-state index is 0.122. The molecule has 2 N–H and O–H groups in total. The lowest BCUT2D eigenvalue weighted by molar-refractivity contribution is -0.159. The van der Waals surface area contributed by atoms with Crippen molar-refractivity contribution in [2.75, 3.05) is 26.2 Å². The third kappa shape index (κ3) is 6.72. The van der Waals surface area contributed by atoms with Crippen LogP contribution in [0.15, 0.2) is 24.3 Å². The fourth-order valence-corrected chi connectivity index (χ4v) is 3.63. The minimum Gasteiger partial charge on any atom is -0.473 e. The van der Waals surface area contributed by atoms with Crippen LogP contribution in [0.3, 0.4) is 0 Å². The first-order valence-electron chi connectivity index (χ1n) is 9.13. The number of piperazine rings is 1. The van der Waals surface area contributed by atoms with Gasteiger partial charge in [0, 0.05) is 38.8 Å². The first kappa shape index (κ1) is 20.3. The highest BCUT2D eigenvalue weighted by molar-refractivity contribution is 6.27. The lowest BCUT2D eigenvalue weighted by Gasteiger charge is -2.40. The molecule has 0 spiro atoms. The molecule has 1 saturated heterocycles. The summed E-state index contributed by atoms with van der Waals surface area (Å²) in [6, 6.07) is 7.84. The molecule has 0 atom stereocenters. The molecule has 2 aliphatic rings. The highest BCUT2D eigenvalue weighted by atomic mass is 19.1. The smallest absolute Gasteiger partial charge is 0.414 e. The van der Waals surface area contributed by atoms with Crippen molar-refractivity contribution in [1.82, 2.24) is 9.80 Å². The molecule has 1 aromatic rings. The molecule has 1 aliphatic heterocycles. The summed E-state index contributed by atoms with van der Waals surface area (Å²) >= 11 is 0. The maximum Gasteiger partial charge on any atom is 0.414 e. The van der Waals surface area contributed by atoms with Crippen molar-refractivity contribution in [3.05, 3.63) is 35.6 Å².